The molecule has 0 aliphatic carbocycles. The number of primary amides is 1. The largest absolute Gasteiger partial charge is 0.481 e. The quantitative estimate of drug-likeness (QED) is 0.424. The summed E-state index contributed by atoms with van der Waals surface area (Å²) in [6.07, 6.45) is 2.58. The van der Waals surface area contributed by atoms with Crippen LogP contribution in [0.25, 0.3) is 0 Å². The lowest BCUT2D eigenvalue weighted by atomic mass is 9.94. The van der Waals surface area contributed by atoms with E-state index in [1.807, 2.05) is 6.92 Å². The molecule has 0 aliphatic rings. The molecule has 8 nitrogen and oxygen atoms in total. The number of carbonyl (C=O) groups excluding carboxylic acids is 2. The zero-order valence-electron chi connectivity index (χ0n) is 12.4. The summed E-state index contributed by atoms with van der Waals surface area (Å²) in [6, 6.07) is -0.350. The zero-order valence-corrected chi connectivity index (χ0v) is 12.4. The molecule has 0 aromatic heterocycles. The van der Waals surface area contributed by atoms with Crippen molar-refractivity contribution in [3.05, 3.63) is 0 Å². The molecule has 0 fully saturated rings. The van der Waals surface area contributed by atoms with Gasteiger partial charge in [0.15, 0.2) is 0 Å². The third kappa shape index (κ3) is 12.8. The van der Waals surface area contributed by atoms with Crippen LogP contribution in [-0.2, 0) is 9.53 Å². The van der Waals surface area contributed by atoms with Crippen LogP contribution in [-0.4, -0.2) is 42.9 Å². The van der Waals surface area contributed by atoms with Crippen molar-refractivity contribution in [2.75, 3.05) is 19.7 Å². The van der Waals surface area contributed by atoms with E-state index in [1.165, 1.54) is 0 Å². The summed E-state index contributed by atoms with van der Waals surface area (Å²) >= 11 is 0. The van der Waals surface area contributed by atoms with Crippen molar-refractivity contribution >= 4 is 18.1 Å². The molecule has 1 atom stereocenters. The first-order valence-electron chi connectivity index (χ1n) is 7.11. The van der Waals surface area contributed by atoms with Gasteiger partial charge in [0.1, 0.15) is 6.61 Å². The fraction of sp³-hybridized carbons (Fsp3) is 0.769. The summed E-state index contributed by atoms with van der Waals surface area (Å²) < 4.78 is 4.46. The molecule has 0 saturated heterocycles. The van der Waals surface area contributed by atoms with Crippen LogP contribution in [0.3, 0.4) is 0 Å². The lowest BCUT2D eigenvalue weighted by molar-refractivity contribution is -0.137. The molecular weight excluding hydrogens is 278 g/mol. The highest BCUT2D eigenvalue weighted by atomic mass is 16.5. The number of urea groups is 1. The molecule has 0 saturated carbocycles. The summed E-state index contributed by atoms with van der Waals surface area (Å²) in [7, 11) is 0. The number of hydrogen-bond donors (Lipinski definition) is 4. The molecule has 0 spiro atoms. The number of rotatable bonds is 11. The maximum absolute atomic E-state index is 11.4. The maximum atomic E-state index is 11.4. The Kier molecular flexibility index (Phi) is 10.7. The van der Waals surface area contributed by atoms with E-state index in [0.29, 0.717) is 18.9 Å². The number of ether oxygens (including phenoxy) is 1. The summed E-state index contributed by atoms with van der Waals surface area (Å²) in [5.74, 6) is -0.499. The van der Waals surface area contributed by atoms with Gasteiger partial charge in [-0.05, 0) is 18.8 Å². The number of carboxylic acid groups (broad SMARTS) is 1. The Morgan fingerprint density at radius 2 is 1.81 bits per heavy atom. The molecule has 5 N–H and O–H groups in total. The lowest BCUT2D eigenvalue weighted by Gasteiger charge is -2.15. The van der Waals surface area contributed by atoms with Gasteiger partial charge in [-0.15, -0.1) is 0 Å². The van der Waals surface area contributed by atoms with Crippen molar-refractivity contribution < 1.29 is 24.2 Å². The average Bonchev–Trinajstić information content (AvgIpc) is 2.40. The second kappa shape index (κ2) is 11.8. The van der Waals surface area contributed by atoms with Gasteiger partial charge in [0.2, 0.25) is 0 Å². The fourth-order valence-electron chi connectivity index (χ4n) is 1.94. The molecule has 0 bridgehead atoms. The minimum absolute atomic E-state index is 0.0276. The Morgan fingerprint density at radius 1 is 1.14 bits per heavy atom. The summed E-state index contributed by atoms with van der Waals surface area (Å²) in [5, 5.41) is 13.9. The molecule has 8 heteroatoms. The highest BCUT2D eigenvalue weighted by Gasteiger charge is 2.10. The Bertz CT molecular complexity index is 336. The van der Waals surface area contributed by atoms with Crippen LogP contribution < -0.4 is 16.4 Å². The Labute approximate surface area is 124 Å². The van der Waals surface area contributed by atoms with E-state index >= 15 is 0 Å². The predicted octanol–water partition coefficient (Wildman–Crippen LogP) is 1.05. The molecule has 0 radical (unpaired) electrons. The monoisotopic (exact) mass is 303 g/mol. The fourth-order valence-corrected chi connectivity index (χ4v) is 1.94. The molecule has 122 valence electrons. The SMILES string of the molecule is CCCC(CCNC(=O)NCCOC(N)=O)CCC(=O)O. The molecule has 3 amide bonds. The van der Waals surface area contributed by atoms with Crippen molar-refractivity contribution in [2.45, 2.75) is 39.0 Å². The number of aliphatic carboxylic acids is 1. The number of carboxylic acids is 1. The Morgan fingerprint density at radius 3 is 2.38 bits per heavy atom. The van der Waals surface area contributed by atoms with Gasteiger partial charge in [-0.1, -0.05) is 19.8 Å². The highest BCUT2D eigenvalue weighted by Crippen LogP contribution is 2.16. The smallest absolute Gasteiger partial charge is 0.404 e. The third-order valence-electron chi connectivity index (χ3n) is 2.93. The minimum Gasteiger partial charge on any atom is -0.481 e. The molecule has 0 aromatic carbocycles. The van der Waals surface area contributed by atoms with Crippen molar-refractivity contribution in [1.82, 2.24) is 10.6 Å². The van der Waals surface area contributed by atoms with Crippen LogP contribution >= 0.6 is 0 Å². The summed E-state index contributed by atoms with van der Waals surface area (Å²) in [4.78, 5) is 32.3. The highest BCUT2D eigenvalue weighted by molar-refractivity contribution is 5.73. The van der Waals surface area contributed by atoms with Crippen LogP contribution in [0, 0.1) is 5.92 Å². The third-order valence-corrected chi connectivity index (χ3v) is 2.93. The van der Waals surface area contributed by atoms with Crippen LogP contribution in [0.15, 0.2) is 0 Å². The molecule has 0 rings (SSSR count). The number of carbonyl (C=O) groups is 3. The molecule has 21 heavy (non-hydrogen) atoms. The van der Waals surface area contributed by atoms with Crippen LogP contribution in [0.2, 0.25) is 0 Å². The first-order chi connectivity index (χ1) is 9.95. The second-order valence-electron chi connectivity index (χ2n) is 4.73. The lowest BCUT2D eigenvalue weighted by Crippen LogP contribution is -2.38. The first kappa shape index (κ1) is 19.0. The summed E-state index contributed by atoms with van der Waals surface area (Å²) in [6.45, 7) is 2.74. The van der Waals surface area contributed by atoms with Gasteiger partial charge in [0.05, 0.1) is 6.54 Å². The second-order valence-corrected chi connectivity index (χ2v) is 4.73. The van der Waals surface area contributed by atoms with E-state index in [0.717, 1.165) is 19.3 Å². The van der Waals surface area contributed by atoms with Crippen molar-refractivity contribution in [3.8, 4) is 0 Å². The molecule has 0 heterocycles. The standard InChI is InChI=1S/C13H25N3O5/c1-2-3-10(4-5-11(17)18)6-7-15-13(20)16-8-9-21-12(14)19/h10H,2-9H2,1H3,(H2,14,19)(H,17,18)(H2,15,16,20). The van der Waals surface area contributed by atoms with Crippen LogP contribution in [0.4, 0.5) is 9.59 Å². The Hall–Kier alpha value is -1.99. The van der Waals surface area contributed by atoms with Gasteiger partial charge in [-0.25, -0.2) is 9.59 Å². The van der Waals surface area contributed by atoms with E-state index in [4.69, 9.17) is 10.8 Å². The van der Waals surface area contributed by atoms with Crippen molar-refractivity contribution in [3.63, 3.8) is 0 Å². The van der Waals surface area contributed by atoms with Gasteiger partial charge < -0.3 is 26.2 Å². The normalized spacial score (nSPS) is 11.5. The number of nitrogens with one attached hydrogen (secondary N) is 2. The molecular formula is C13H25N3O5. The van der Waals surface area contributed by atoms with Gasteiger partial charge >= 0.3 is 18.1 Å². The van der Waals surface area contributed by atoms with Crippen LogP contribution in [0.1, 0.15) is 39.0 Å². The predicted molar refractivity (Wildman–Crippen MR) is 76.8 cm³/mol. The maximum Gasteiger partial charge on any atom is 0.404 e. The van der Waals surface area contributed by atoms with Gasteiger partial charge in [-0.2, -0.15) is 0 Å². The molecule has 0 aromatic rings. The van der Waals surface area contributed by atoms with Gasteiger partial charge in [0.25, 0.3) is 0 Å². The van der Waals surface area contributed by atoms with E-state index in [1.54, 1.807) is 0 Å². The van der Waals surface area contributed by atoms with E-state index < -0.39 is 12.1 Å². The number of hydrogen-bond acceptors (Lipinski definition) is 4. The first-order valence-corrected chi connectivity index (χ1v) is 7.11. The zero-order chi connectivity index (χ0) is 16.1. The molecule has 1 unspecified atom stereocenters. The van der Waals surface area contributed by atoms with E-state index in [9.17, 15) is 14.4 Å². The van der Waals surface area contributed by atoms with Gasteiger partial charge in [0, 0.05) is 13.0 Å². The van der Waals surface area contributed by atoms with Gasteiger partial charge in [-0.3, -0.25) is 4.79 Å². The Balaban J connectivity index is 3.73. The van der Waals surface area contributed by atoms with E-state index in [2.05, 4.69) is 15.4 Å². The summed E-state index contributed by atoms with van der Waals surface area (Å²) in [5.41, 5.74) is 4.77. The van der Waals surface area contributed by atoms with E-state index in [-0.39, 0.29) is 25.6 Å². The topological polar surface area (TPSA) is 131 Å². The molecule has 0 aliphatic heterocycles. The number of nitrogens with two attached hydrogens (primary N) is 1. The van der Waals surface area contributed by atoms with Crippen molar-refractivity contribution in [1.29, 1.82) is 0 Å². The average molecular weight is 303 g/mol. The van der Waals surface area contributed by atoms with Crippen molar-refractivity contribution in [2.24, 2.45) is 11.7 Å². The minimum atomic E-state index is -0.877. The number of amides is 3. The van der Waals surface area contributed by atoms with Crippen LogP contribution in [0.5, 0.6) is 0 Å².